The van der Waals surface area contributed by atoms with E-state index in [4.69, 9.17) is 0 Å². The molecular formula is C13H21NOS. The lowest BCUT2D eigenvalue weighted by atomic mass is 10.1. The Morgan fingerprint density at radius 1 is 1.25 bits per heavy atom. The van der Waals surface area contributed by atoms with Gasteiger partial charge in [0.25, 0.3) is 0 Å². The molecule has 0 atom stereocenters. The third-order valence-corrected chi connectivity index (χ3v) is 3.51. The molecule has 0 aliphatic rings. The maximum absolute atomic E-state index is 9.53. The van der Waals surface area contributed by atoms with Crippen LogP contribution in [0.15, 0.2) is 12.1 Å². The minimum Gasteiger partial charge on any atom is -0.508 e. The zero-order valence-corrected chi connectivity index (χ0v) is 11.2. The van der Waals surface area contributed by atoms with E-state index in [-0.39, 0.29) is 0 Å². The number of rotatable bonds is 6. The summed E-state index contributed by atoms with van der Waals surface area (Å²) in [7, 11) is 0. The average molecular weight is 239 g/mol. The van der Waals surface area contributed by atoms with E-state index in [0.29, 0.717) is 5.75 Å². The van der Waals surface area contributed by atoms with Crippen molar-refractivity contribution in [2.24, 2.45) is 0 Å². The van der Waals surface area contributed by atoms with Crippen molar-refractivity contribution in [2.45, 2.75) is 27.2 Å². The van der Waals surface area contributed by atoms with Gasteiger partial charge in [-0.15, -0.1) is 0 Å². The Morgan fingerprint density at radius 3 is 2.69 bits per heavy atom. The molecule has 3 heteroatoms. The molecule has 1 aromatic rings. The first-order valence-electron chi connectivity index (χ1n) is 5.77. The molecule has 0 fully saturated rings. The van der Waals surface area contributed by atoms with E-state index < -0.39 is 0 Å². The van der Waals surface area contributed by atoms with Gasteiger partial charge in [-0.2, -0.15) is 11.8 Å². The zero-order chi connectivity index (χ0) is 12.0. The average Bonchev–Trinajstić information content (AvgIpc) is 2.25. The summed E-state index contributed by atoms with van der Waals surface area (Å²) in [5.74, 6) is 2.78. The van der Waals surface area contributed by atoms with Gasteiger partial charge in [0.05, 0.1) is 0 Å². The predicted octanol–water partition coefficient (Wildman–Crippen LogP) is 3.56. The van der Waals surface area contributed by atoms with Gasteiger partial charge >= 0.3 is 0 Å². The molecule has 0 aliphatic heterocycles. The summed E-state index contributed by atoms with van der Waals surface area (Å²) in [6.07, 6.45) is 1.18. The lowest BCUT2D eigenvalue weighted by Gasteiger charge is -2.11. The van der Waals surface area contributed by atoms with Gasteiger partial charge in [-0.05, 0) is 55.0 Å². The van der Waals surface area contributed by atoms with Crippen LogP contribution in [0.4, 0.5) is 5.69 Å². The highest BCUT2D eigenvalue weighted by Crippen LogP contribution is 2.24. The van der Waals surface area contributed by atoms with Crippen LogP contribution >= 0.6 is 11.8 Å². The Hall–Kier alpha value is -0.830. The van der Waals surface area contributed by atoms with Gasteiger partial charge in [-0.1, -0.05) is 6.92 Å². The van der Waals surface area contributed by atoms with E-state index in [2.05, 4.69) is 12.2 Å². The quantitative estimate of drug-likeness (QED) is 0.588. The predicted molar refractivity (Wildman–Crippen MR) is 73.7 cm³/mol. The Balaban J connectivity index is 2.45. The fourth-order valence-electron chi connectivity index (χ4n) is 1.53. The first-order chi connectivity index (χ1) is 7.65. The molecule has 1 rings (SSSR count). The summed E-state index contributed by atoms with van der Waals surface area (Å²) in [5.41, 5.74) is 3.17. The minimum atomic E-state index is 0.379. The number of thioether (sulfide) groups is 1. The van der Waals surface area contributed by atoms with Gasteiger partial charge in [0.2, 0.25) is 0 Å². The molecule has 0 saturated heterocycles. The van der Waals surface area contributed by atoms with E-state index in [9.17, 15) is 5.11 Å². The summed E-state index contributed by atoms with van der Waals surface area (Å²) in [6, 6.07) is 3.83. The van der Waals surface area contributed by atoms with E-state index in [1.54, 1.807) is 0 Å². The Kier molecular flexibility index (Phi) is 5.53. The molecule has 2 nitrogen and oxygen atoms in total. The van der Waals surface area contributed by atoms with Crippen molar-refractivity contribution in [2.75, 3.05) is 23.4 Å². The van der Waals surface area contributed by atoms with Crippen molar-refractivity contribution in [1.29, 1.82) is 0 Å². The van der Waals surface area contributed by atoms with Gasteiger partial charge in [-0.25, -0.2) is 0 Å². The number of hydrogen-bond acceptors (Lipinski definition) is 3. The number of anilines is 1. The summed E-state index contributed by atoms with van der Waals surface area (Å²) in [6.45, 7) is 7.12. The number of phenols is 1. The highest BCUT2D eigenvalue weighted by molar-refractivity contribution is 7.99. The number of aromatic hydroxyl groups is 1. The van der Waals surface area contributed by atoms with E-state index >= 15 is 0 Å². The van der Waals surface area contributed by atoms with Crippen LogP contribution in [0.2, 0.25) is 0 Å². The molecule has 0 aliphatic carbocycles. The first kappa shape index (κ1) is 13.2. The fourth-order valence-corrected chi connectivity index (χ4v) is 2.17. The monoisotopic (exact) mass is 239 g/mol. The maximum atomic E-state index is 9.53. The molecule has 16 heavy (non-hydrogen) atoms. The summed E-state index contributed by atoms with van der Waals surface area (Å²) in [5, 5.41) is 13.0. The molecule has 0 unspecified atom stereocenters. The molecule has 2 N–H and O–H groups in total. The van der Waals surface area contributed by atoms with Crippen molar-refractivity contribution >= 4 is 17.4 Å². The lowest BCUT2D eigenvalue weighted by molar-refractivity contribution is 0.471. The first-order valence-corrected chi connectivity index (χ1v) is 6.92. The molecule has 0 radical (unpaired) electrons. The molecule has 1 aromatic carbocycles. The van der Waals surface area contributed by atoms with Crippen LogP contribution < -0.4 is 5.32 Å². The van der Waals surface area contributed by atoms with Crippen LogP contribution in [-0.4, -0.2) is 23.2 Å². The number of phenolic OH excluding ortho intramolecular Hbond substituents is 1. The topological polar surface area (TPSA) is 32.3 Å². The normalized spacial score (nSPS) is 10.4. The van der Waals surface area contributed by atoms with Crippen molar-refractivity contribution in [1.82, 2.24) is 0 Å². The van der Waals surface area contributed by atoms with Gasteiger partial charge in [-0.3, -0.25) is 0 Å². The van der Waals surface area contributed by atoms with Crippen molar-refractivity contribution in [3.05, 3.63) is 23.3 Å². The molecule has 0 aromatic heterocycles. The Bertz CT molecular complexity index is 339. The lowest BCUT2D eigenvalue weighted by Crippen LogP contribution is -2.04. The van der Waals surface area contributed by atoms with Gasteiger partial charge < -0.3 is 10.4 Å². The number of benzene rings is 1. The van der Waals surface area contributed by atoms with Crippen molar-refractivity contribution in [3.8, 4) is 5.75 Å². The van der Waals surface area contributed by atoms with Crippen molar-refractivity contribution < 1.29 is 5.11 Å². The second-order valence-electron chi connectivity index (χ2n) is 3.93. The smallest absolute Gasteiger partial charge is 0.118 e. The van der Waals surface area contributed by atoms with Crippen LogP contribution in [0.1, 0.15) is 24.5 Å². The summed E-state index contributed by atoms with van der Waals surface area (Å²) >= 11 is 1.97. The Morgan fingerprint density at radius 2 is 2.00 bits per heavy atom. The van der Waals surface area contributed by atoms with E-state index in [0.717, 1.165) is 23.4 Å². The largest absolute Gasteiger partial charge is 0.508 e. The number of hydrogen-bond donors (Lipinski definition) is 2. The highest BCUT2D eigenvalue weighted by atomic mass is 32.2. The Labute approximate surface area is 102 Å². The molecule has 0 saturated carbocycles. The summed E-state index contributed by atoms with van der Waals surface area (Å²) in [4.78, 5) is 0. The van der Waals surface area contributed by atoms with Crippen LogP contribution in [-0.2, 0) is 0 Å². The molecule has 0 bridgehead atoms. The number of nitrogens with one attached hydrogen (secondary N) is 1. The maximum Gasteiger partial charge on any atom is 0.118 e. The molecule has 0 heterocycles. The molecular weight excluding hydrogens is 218 g/mol. The zero-order valence-electron chi connectivity index (χ0n) is 10.3. The van der Waals surface area contributed by atoms with Gasteiger partial charge in [0.1, 0.15) is 5.75 Å². The van der Waals surface area contributed by atoms with Crippen LogP contribution in [0.5, 0.6) is 5.75 Å². The molecule has 90 valence electrons. The van der Waals surface area contributed by atoms with Crippen LogP contribution in [0.3, 0.4) is 0 Å². The third kappa shape index (κ3) is 3.97. The van der Waals surface area contributed by atoms with E-state index in [1.165, 1.54) is 17.9 Å². The fraction of sp³-hybridized carbons (Fsp3) is 0.538. The van der Waals surface area contributed by atoms with E-state index in [1.807, 2.05) is 37.7 Å². The second-order valence-corrected chi connectivity index (χ2v) is 5.32. The molecule has 0 spiro atoms. The minimum absolute atomic E-state index is 0.379. The van der Waals surface area contributed by atoms with Gasteiger partial charge in [0.15, 0.2) is 0 Å². The van der Waals surface area contributed by atoms with Crippen LogP contribution in [0.25, 0.3) is 0 Å². The second kappa shape index (κ2) is 6.69. The third-order valence-electron chi connectivity index (χ3n) is 2.53. The highest BCUT2D eigenvalue weighted by Gasteiger charge is 2.02. The standard InChI is InChI=1S/C13H21NOS/c1-4-16-7-5-6-14-12-8-11(3)13(15)9-10(12)2/h8-9,14-15H,4-7H2,1-3H3. The van der Waals surface area contributed by atoms with Crippen LogP contribution in [0, 0.1) is 13.8 Å². The molecule has 0 amide bonds. The summed E-state index contributed by atoms with van der Waals surface area (Å²) < 4.78 is 0. The van der Waals surface area contributed by atoms with Crippen molar-refractivity contribution in [3.63, 3.8) is 0 Å². The van der Waals surface area contributed by atoms with Gasteiger partial charge in [0, 0.05) is 12.2 Å². The SMILES string of the molecule is CCSCCCNc1cc(C)c(O)cc1C. The number of aryl methyl sites for hydroxylation is 2.